The summed E-state index contributed by atoms with van der Waals surface area (Å²) in [5.74, 6) is 0.0724. The lowest BCUT2D eigenvalue weighted by Gasteiger charge is -2.25. The lowest BCUT2D eigenvalue weighted by Crippen LogP contribution is -2.18. The number of halogens is 2. The van der Waals surface area contributed by atoms with E-state index in [-0.39, 0.29) is 11.6 Å². The molecule has 0 aliphatic heterocycles. The molecule has 0 aromatic heterocycles. The van der Waals surface area contributed by atoms with E-state index in [0.717, 1.165) is 19.3 Å². The van der Waals surface area contributed by atoms with E-state index in [9.17, 15) is 8.78 Å². The third kappa shape index (κ3) is 2.63. The highest BCUT2D eigenvalue weighted by Gasteiger charge is 2.24. The second kappa shape index (κ2) is 5.64. The summed E-state index contributed by atoms with van der Waals surface area (Å²) < 4.78 is 27.8. The van der Waals surface area contributed by atoms with Crippen LogP contribution in [0.1, 0.15) is 42.9 Å². The van der Waals surface area contributed by atoms with Crippen LogP contribution in [0.2, 0.25) is 0 Å². The van der Waals surface area contributed by atoms with Gasteiger partial charge in [-0.25, -0.2) is 8.78 Å². The van der Waals surface area contributed by atoms with Gasteiger partial charge in [0.15, 0.2) is 0 Å². The fourth-order valence-corrected chi connectivity index (χ4v) is 2.82. The fourth-order valence-electron chi connectivity index (χ4n) is 2.82. The predicted octanol–water partition coefficient (Wildman–Crippen LogP) is 4.73. The van der Waals surface area contributed by atoms with Crippen molar-refractivity contribution in [2.75, 3.05) is 0 Å². The molecule has 0 amide bonds. The summed E-state index contributed by atoms with van der Waals surface area (Å²) in [4.78, 5) is 0. The summed E-state index contributed by atoms with van der Waals surface area (Å²) in [5.41, 5.74) is 1.67. The zero-order valence-electron chi connectivity index (χ0n) is 11.1. The average Bonchev–Trinajstić information content (AvgIpc) is 2.36. The topological polar surface area (TPSA) is 0 Å². The second-order valence-electron chi connectivity index (χ2n) is 5.20. The van der Waals surface area contributed by atoms with Gasteiger partial charge in [-0.1, -0.05) is 12.2 Å². The summed E-state index contributed by atoms with van der Waals surface area (Å²) in [6, 6.07) is 1.34. The van der Waals surface area contributed by atoms with Gasteiger partial charge in [0.05, 0.1) is 0 Å². The summed E-state index contributed by atoms with van der Waals surface area (Å²) in [5, 5.41) is 0. The van der Waals surface area contributed by atoms with E-state index in [1.54, 1.807) is 6.92 Å². The van der Waals surface area contributed by atoms with Gasteiger partial charge in [-0.2, -0.15) is 0 Å². The second-order valence-corrected chi connectivity index (χ2v) is 5.20. The molecule has 1 atom stereocenters. The monoisotopic (exact) mass is 250 g/mol. The molecule has 0 saturated heterocycles. The van der Waals surface area contributed by atoms with Crippen molar-refractivity contribution < 1.29 is 8.78 Å². The van der Waals surface area contributed by atoms with Crippen molar-refractivity contribution in [3.05, 3.63) is 46.5 Å². The minimum atomic E-state index is -0.223. The van der Waals surface area contributed by atoms with Gasteiger partial charge in [-0.15, -0.1) is 0 Å². The van der Waals surface area contributed by atoms with Crippen molar-refractivity contribution in [2.24, 2.45) is 5.92 Å². The Hall–Kier alpha value is -1.18. The van der Waals surface area contributed by atoms with Crippen LogP contribution in [0.3, 0.4) is 0 Å². The highest BCUT2D eigenvalue weighted by atomic mass is 19.1. The largest absolute Gasteiger partial charge is 0.207 e. The highest BCUT2D eigenvalue weighted by Crippen LogP contribution is 2.33. The number of aryl methyl sites for hydroxylation is 1. The summed E-state index contributed by atoms with van der Waals surface area (Å²) in [7, 11) is 0. The molecule has 1 aliphatic rings. The van der Waals surface area contributed by atoms with E-state index in [1.807, 2.05) is 13.0 Å². The Morgan fingerprint density at radius 1 is 1.33 bits per heavy atom. The Kier molecular flexibility index (Phi) is 4.15. The minimum absolute atomic E-state index is 0.196. The van der Waals surface area contributed by atoms with Crippen LogP contribution >= 0.6 is 0 Å². The molecule has 0 saturated carbocycles. The van der Waals surface area contributed by atoms with Crippen molar-refractivity contribution in [1.29, 1.82) is 0 Å². The highest BCUT2D eigenvalue weighted by molar-refractivity contribution is 5.36. The standard InChI is InChI=1S/C16H20F2/c1-3-4-5-6-12-7-8-13-14(10-12)15(17)9-11(2)16(13)18/h3-4,9,12H,5-8,10H2,1-2H3. The van der Waals surface area contributed by atoms with Crippen LogP contribution in [-0.4, -0.2) is 0 Å². The number of rotatable bonds is 3. The van der Waals surface area contributed by atoms with E-state index in [2.05, 4.69) is 6.08 Å². The molecular weight excluding hydrogens is 230 g/mol. The molecule has 2 rings (SSSR count). The third-order valence-electron chi connectivity index (χ3n) is 3.88. The molecule has 1 aliphatic carbocycles. The maximum absolute atomic E-state index is 13.9. The smallest absolute Gasteiger partial charge is 0.129 e. The van der Waals surface area contributed by atoms with Gasteiger partial charge in [-0.05, 0) is 74.6 Å². The van der Waals surface area contributed by atoms with Crippen LogP contribution in [0.4, 0.5) is 8.78 Å². The summed E-state index contributed by atoms with van der Waals surface area (Å²) in [6.45, 7) is 3.64. The molecule has 2 heteroatoms. The van der Waals surface area contributed by atoms with Gasteiger partial charge in [0.1, 0.15) is 11.6 Å². The Morgan fingerprint density at radius 3 is 2.83 bits per heavy atom. The molecule has 0 bridgehead atoms. The summed E-state index contributed by atoms with van der Waals surface area (Å²) >= 11 is 0. The number of hydrogen-bond acceptors (Lipinski definition) is 0. The number of benzene rings is 1. The molecule has 0 spiro atoms. The molecule has 18 heavy (non-hydrogen) atoms. The zero-order chi connectivity index (χ0) is 13.1. The fraction of sp³-hybridized carbons (Fsp3) is 0.500. The molecule has 0 heterocycles. The van der Waals surface area contributed by atoms with Gasteiger partial charge in [0, 0.05) is 0 Å². The molecule has 0 radical (unpaired) electrons. The van der Waals surface area contributed by atoms with Crippen molar-refractivity contribution in [1.82, 2.24) is 0 Å². The maximum atomic E-state index is 13.9. The van der Waals surface area contributed by atoms with Crippen LogP contribution in [0.15, 0.2) is 18.2 Å². The number of hydrogen-bond donors (Lipinski definition) is 0. The molecule has 1 aromatic carbocycles. The third-order valence-corrected chi connectivity index (χ3v) is 3.88. The van der Waals surface area contributed by atoms with Crippen molar-refractivity contribution in [3.8, 4) is 0 Å². The lowest BCUT2D eigenvalue weighted by molar-refractivity contribution is 0.407. The van der Waals surface area contributed by atoms with Crippen LogP contribution in [0.25, 0.3) is 0 Å². The van der Waals surface area contributed by atoms with E-state index < -0.39 is 0 Å². The minimum Gasteiger partial charge on any atom is -0.207 e. The molecule has 0 fully saturated rings. The van der Waals surface area contributed by atoms with Gasteiger partial charge >= 0.3 is 0 Å². The van der Waals surface area contributed by atoms with E-state index in [1.165, 1.54) is 6.07 Å². The SMILES string of the molecule is CC=CCCC1CCc2c(F)c(C)cc(F)c2C1. The first-order valence-electron chi connectivity index (χ1n) is 6.71. The van der Waals surface area contributed by atoms with Gasteiger partial charge in [0.2, 0.25) is 0 Å². The Balaban J connectivity index is 2.16. The lowest BCUT2D eigenvalue weighted by atomic mass is 9.80. The first-order valence-corrected chi connectivity index (χ1v) is 6.71. The Morgan fingerprint density at radius 2 is 2.11 bits per heavy atom. The molecular formula is C16H20F2. The van der Waals surface area contributed by atoms with Gasteiger partial charge < -0.3 is 0 Å². The first-order chi connectivity index (χ1) is 8.63. The zero-order valence-corrected chi connectivity index (χ0v) is 11.1. The van der Waals surface area contributed by atoms with Crippen LogP contribution in [0.5, 0.6) is 0 Å². The quantitative estimate of drug-likeness (QED) is 0.680. The van der Waals surface area contributed by atoms with Crippen molar-refractivity contribution in [3.63, 3.8) is 0 Å². The molecule has 98 valence electrons. The van der Waals surface area contributed by atoms with Crippen molar-refractivity contribution in [2.45, 2.75) is 46.0 Å². The van der Waals surface area contributed by atoms with Crippen LogP contribution < -0.4 is 0 Å². The molecule has 1 unspecified atom stereocenters. The van der Waals surface area contributed by atoms with Gasteiger partial charge in [0.25, 0.3) is 0 Å². The predicted molar refractivity (Wildman–Crippen MR) is 70.7 cm³/mol. The maximum Gasteiger partial charge on any atom is 0.129 e. The Labute approximate surface area is 108 Å². The van der Waals surface area contributed by atoms with Crippen LogP contribution in [0, 0.1) is 24.5 Å². The van der Waals surface area contributed by atoms with E-state index in [4.69, 9.17) is 0 Å². The number of fused-ring (bicyclic) bond motifs is 1. The molecule has 0 N–H and O–H groups in total. The molecule has 0 nitrogen and oxygen atoms in total. The van der Waals surface area contributed by atoms with E-state index in [0.29, 0.717) is 35.4 Å². The van der Waals surface area contributed by atoms with Crippen LogP contribution in [-0.2, 0) is 12.8 Å². The Bertz CT molecular complexity index is 461. The molecule has 1 aromatic rings. The number of allylic oxidation sites excluding steroid dienone is 2. The normalized spacial score (nSPS) is 19.2. The van der Waals surface area contributed by atoms with Crippen molar-refractivity contribution >= 4 is 0 Å². The van der Waals surface area contributed by atoms with Gasteiger partial charge in [-0.3, -0.25) is 0 Å². The average molecular weight is 250 g/mol. The first kappa shape index (κ1) is 13.3. The summed E-state index contributed by atoms with van der Waals surface area (Å²) in [6.07, 6.45) is 8.63. The van der Waals surface area contributed by atoms with E-state index >= 15 is 0 Å².